The normalized spacial score (nSPS) is 16.9. The Morgan fingerprint density at radius 1 is 0.886 bits per heavy atom. The van der Waals surface area contributed by atoms with Gasteiger partial charge in [0, 0.05) is 12.1 Å². The Morgan fingerprint density at radius 2 is 1.49 bits per heavy atom. The second-order valence-corrected chi connectivity index (χ2v) is 8.24. The number of carbonyl (C=O) groups is 2. The molecule has 1 fully saturated rings. The van der Waals surface area contributed by atoms with Crippen LogP contribution in [0.5, 0.6) is 17.2 Å². The summed E-state index contributed by atoms with van der Waals surface area (Å²) in [5.74, 6) is -0.543. The van der Waals surface area contributed by atoms with Gasteiger partial charge < -0.3 is 24.2 Å². The van der Waals surface area contributed by atoms with Crippen LogP contribution in [-0.4, -0.2) is 43.0 Å². The molecule has 7 heteroatoms. The van der Waals surface area contributed by atoms with E-state index in [1.165, 1.54) is 26.2 Å². The van der Waals surface area contributed by atoms with Gasteiger partial charge in [-0.05, 0) is 30.2 Å². The summed E-state index contributed by atoms with van der Waals surface area (Å²) >= 11 is 0. The first-order valence-corrected chi connectivity index (χ1v) is 11.1. The Kier molecular flexibility index (Phi) is 6.78. The van der Waals surface area contributed by atoms with E-state index in [-0.39, 0.29) is 17.9 Å². The molecule has 3 aromatic carbocycles. The fourth-order valence-corrected chi connectivity index (χ4v) is 4.30. The lowest BCUT2D eigenvalue weighted by atomic mass is 9.94. The van der Waals surface area contributed by atoms with E-state index in [9.17, 15) is 14.7 Å². The third kappa shape index (κ3) is 4.45. The maximum absolute atomic E-state index is 13.3. The van der Waals surface area contributed by atoms with Crippen molar-refractivity contribution >= 4 is 17.4 Å². The number of nitrogens with zero attached hydrogens (tertiary/aromatic N) is 1. The number of hydrogen-bond donors (Lipinski definition) is 1. The minimum Gasteiger partial charge on any atom is -0.507 e. The van der Waals surface area contributed by atoms with E-state index in [0.717, 1.165) is 11.1 Å². The number of aliphatic hydroxyl groups excluding tert-OH is 1. The number of rotatable bonds is 7. The lowest BCUT2D eigenvalue weighted by Crippen LogP contribution is -2.29. The van der Waals surface area contributed by atoms with E-state index in [2.05, 4.69) is 0 Å². The van der Waals surface area contributed by atoms with Gasteiger partial charge >= 0.3 is 0 Å². The Morgan fingerprint density at radius 3 is 2.03 bits per heavy atom. The van der Waals surface area contributed by atoms with Crippen molar-refractivity contribution < 1.29 is 28.9 Å². The molecule has 180 valence electrons. The molecule has 3 aromatic rings. The summed E-state index contributed by atoms with van der Waals surface area (Å²) in [4.78, 5) is 28.0. The highest BCUT2D eigenvalue weighted by atomic mass is 16.5. The fourth-order valence-electron chi connectivity index (χ4n) is 4.30. The SMILES string of the molecule is COc1cc(C2C(=C(O)c3ccc(C)cc3)C(=O)C(=O)N2Cc2ccccc2)cc(OC)c1OC. The molecule has 4 rings (SSSR count). The zero-order valence-corrected chi connectivity index (χ0v) is 20.1. The smallest absolute Gasteiger partial charge is 0.295 e. The van der Waals surface area contributed by atoms with Gasteiger partial charge in [0.1, 0.15) is 5.76 Å². The molecule has 0 aromatic heterocycles. The molecule has 7 nitrogen and oxygen atoms in total. The predicted octanol–water partition coefficient (Wildman–Crippen LogP) is 4.64. The molecular weight excluding hydrogens is 446 g/mol. The second kappa shape index (κ2) is 9.93. The molecule has 0 spiro atoms. The molecule has 1 heterocycles. The van der Waals surface area contributed by atoms with Crippen molar-refractivity contribution in [1.29, 1.82) is 0 Å². The Hall–Kier alpha value is -4.26. The number of ketones is 1. The molecule has 1 aliphatic rings. The first kappa shape index (κ1) is 23.9. The van der Waals surface area contributed by atoms with Crippen LogP contribution in [0.2, 0.25) is 0 Å². The van der Waals surface area contributed by atoms with Crippen LogP contribution in [0, 0.1) is 6.92 Å². The average molecular weight is 474 g/mol. The molecule has 0 saturated carbocycles. The van der Waals surface area contributed by atoms with Crippen molar-refractivity contribution in [3.05, 3.63) is 94.6 Å². The minimum absolute atomic E-state index is 0.00376. The summed E-state index contributed by atoms with van der Waals surface area (Å²) in [6.07, 6.45) is 0. The van der Waals surface area contributed by atoms with Gasteiger partial charge in [-0.2, -0.15) is 0 Å². The number of benzene rings is 3. The van der Waals surface area contributed by atoms with Crippen molar-refractivity contribution in [3.8, 4) is 17.2 Å². The Bertz CT molecular complexity index is 1260. The van der Waals surface area contributed by atoms with E-state index >= 15 is 0 Å². The van der Waals surface area contributed by atoms with Gasteiger partial charge in [0.05, 0.1) is 32.9 Å². The summed E-state index contributed by atoms with van der Waals surface area (Å²) in [6.45, 7) is 2.11. The summed E-state index contributed by atoms with van der Waals surface area (Å²) < 4.78 is 16.5. The van der Waals surface area contributed by atoms with Crippen molar-refractivity contribution in [2.24, 2.45) is 0 Å². The number of hydrogen-bond acceptors (Lipinski definition) is 6. The molecule has 1 N–H and O–H groups in total. The largest absolute Gasteiger partial charge is 0.507 e. The van der Waals surface area contributed by atoms with Gasteiger partial charge in [-0.1, -0.05) is 60.2 Å². The lowest BCUT2D eigenvalue weighted by Gasteiger charge is -2.26. The minimum atomic E-state index is -0.870. The number of aliphatic hydroxyl groups is 1. The van der Waals surface area contributed by atoms with Crippen LogP contribution in [0.25, 0.3) is 5.76 Å². The molecule has 1 unspecified atom stereocenters. The molecule has 1 saturated heterocycles. The molecule has 1 aliphatic heterocycles. The Balaban J connectivity index is 1.94. The summed E-state index contributed by atoms with van der Waals surface area (Å²) in [5.41, 5.74) is 2.85. The number of ether oxygens (including phenoxy) is 3. The Labute approximate surface area is 204 Å². The summed E-state index contributed by atoms with van der Waals surface area (Å²) in [7, 11) is 4.49. The zero-order chi connectivity index (χ0) is 25.1. The van der Waals surface area contributed by atoms with Crippen LogP contribution < -0.4 is 14.2 Å². The first-order chi connectivity index (χ1) is 16.9. The number of Topliss-reactive ketones (excluding diaryl/α,β-unsaturated/α-hetero) is 1. The van der Waals surface area contributed by atoms with E-state index in [1.54, 1.807) is 24.3 Å². The van der Waals surface area contributed by atoms with Gasteiger partial charge in [0.15, 0.2) is 11.5 Å². The molecule has 0 radical (unpaired) electrons. The van der Waals surface area contributed by atoms with Crippen molar-refractivity contribution in [2.75, 3.05) is 21.3 Å². The number of methoxy groups -OCH3 is 3. The maximum atomic E-state index is 13.3. The van der Waals surface area contributed by atoms with Crippen LogP contribution in [0.4, 0.5) is 0 Å². The first-order valence-electron chi connectivity index (χ1n) is 11.1. The van der Waals surface area contributed by atoms with Gasteiger partial charge in [0.2, 0.25) is 5.75 Å². The van der Waals surface area contributed by atoms with Gasteiger partial charge in [-0.15, -0.1) is 0 Å². The second-order valence-electron chi connectivity index (χ2n) is 8.24. The van der Waals surface area contributed by atoms with Crippen molar-refractivity contribution in [3.63, 3.8) is 0 Å². The van der Waals surface area contributed by atoms with Crippen LogP contribution in [0.1, 0.15) is 28.3 Å². The maximum Gasteiger partial charge on any atom is 0.295 e. The predicted molar refractivity (Wildman–Crippen MR) is 132 cm³/mol. The van der Waals surface area contributed by atoms with E-state index in [0.29, 0.717) is 28.4 Å². The molecule has 1 atom stereocenters. The average Bonchev–Trinajstić information content (AvgIpc) is 3.13. The van der Waals surface area contributed by atoms with Crippen molar-refractivity contribution in [1.82, 2.24) is 4.90 Å². The van der Waals surface area contributed by atoms with Crippen LogP contribution in [0.15, 0.2) is 72.3 Å². The van der Waals surface area contributed by atoms with E-state index < -0.39 is 17.7 Å². The van der Waals surface area contributed by atoms with E-state index in [4.69, 9.17) is 14.2 Å². The highest BCUT2D eigenvalue weighted by molar-refractivity contribution is 6.46. The lowest BCUT2D eigenvalue weighted by molar-refractivity contribution is -0.140. The highest BCUT2D eigenvalue weighted by Gasteiger charge is 2.46. The zero-order valence-electron chi connectivity index (χ0n) is 20.1. The standard InChI is InChI=1S/C28H27NO6/c1-17-10-12-19(13-11-17)25(30)23-24(20-14-21(33-2)27(35-4)22(15-20)34-3)29(28(32)26(23)31)16-18-8-6-5-7-9-18/h5-15,24,30H,16H2,1-4H3. The monoisotopic (exact) mass is 473 g/mol. The molecule has 0 aliphatic carbocycles. The third-order valence-corrected chi connectivity index (χ3v) is 6.06. The van der Waals surface area contributed by atoms with Gasteiger partial charge in [-0.3, -0.25) is 9.59 Å². The number of carbonyl (C=O) groups excluding carboxylic acids is 2. The van der Waals surface area contributed by atoms with Crippen LogP contribution in [-0.2, 0) is 16.1 Å². The third-order valence-electron chi connectivity index (χ3n) is 6.06. The summed E-state index contributed by atoms with van der Waals surface area (Å²) in [6, 6.07) is 19.0. The van der Waals surface area contributed by atoms with Gasteiger partial charge in [-0.25, -0.2) is 0 Å². The van der Waals surface area contributed by atoms with E-state index in [1.807, 2.05) is 49.4 Å². The molecule has 1 amide bonds. The molecule has 35 heavy (non-hydrogen) atoms. The number of amides is 1. The molecule has 0 bridgehead atoms. The topological polar surface area (TPSA) is 85.3 Å². The summed E-state index contributed by atoms with van der Waals surface area (Å²) in [5, 5.41) is 11.3. The van der Waals surface area contributed by atoms with Gasteiger partial charge in [0.25, 0.3) is 11.7 Å². The van der Waals surface area contributed by atoms with Crippen LogP contribution in [0.3, 0.4) is 0 Å². The fraction of sp³-hybridized carbons (Fsp3) is 0.214. The van der Waals surface area contributed by atoms with Crippen molar-refractivity contribution in [2.45, 2.75) is 19.5 Å². The highest BCUT2D eigenvalue weighted by Crippen LogP contribution is 2.46. The van der Waals surface area contributed by atoms with Crippen LogP contribution >= 0.6 is 0 Å². The number of aryl methyl sites for hydroxylation is 1. The number of likely N-dealkylation sites (tertiary alicyclic amines) is 1. The molecular formula is C28H27NO6. The quantitative estimate of drug-likeness (QED) is 0.306.